The molecule has 1 nitrogen and oxygen atoms in total. The summed E-state index contributed by atoms with van der Waals surface area (Å²) in [5.74, 6) is 0.565. The molecule has 1 aromatic heterocycles. The molecular weight excluding hydrogens is 196 g/mol. The fourth-order valence-corrected chi connectivity index (χ4v) is 0.653. The molecule has 0 N–H and O–H groups in total. The fourth-order valence-electron chi connectivity index (χ4n) is 0.653. The van der Waals surface area contributed by atoms with Crippen molar-refractivity contribution in [3.05, 3.63) is 30.1 Å². The first-order valence-corrected chi connectivity index (χ1v) is 3.11. The second-order valence-electron chi connectivity index (χ2n) is 2.37. The van der Waals surface area contributed by atoms with Crippen molar-refractivity contribution in [2.75, 3.05) is 0 Å². The molecule has 0 amide bonds. The summed E-state index contributed by atoms with van der Waals surface area (Å²) >= 11 is 0. The molecule has 0 radical (unpaired) electrons. The van der Waals surface area contributed by atoms with Gasteiger partial charge in [0.25, 0.3) is 0 Å². The zero-order chi connectivity index (χ0) is 6.69. The first-order chi connectivity index (χ1) is 4.30. The Kier molecular flexibility index (Phi) is 6.12. The van der Waals surface area contributed by atoms with E-state index in [1.807, 2.05) is 12.3 Å². The molecule has 1 heterocycles. The van der Waals surface area contributed by atoms with E-state index in [4.69, 9.17) is 0 Å². The Labute approximate surface area is 111 Å². The average molecular weight is 206 g/mol. The quantitative estimate of drug-likeness (QED) is 0.537. The Balaban J connectivity index is 0.000000810. The van der Waals surface area contributed by atoms with Gasteiger partial charge in [-0.25, -0.2) is 12.1 Å². The first-order valence-electron chi connectivity index (χ1n) is 3.11. The summed E-state index contributed by atoms with van der Waals surface area (Å²) in [6, 6.07) is 4.90. The van der Waals surface area contributed by atoms with Crippen LogP contribution in [-0.2, 0) is 0 Å². The molecular formula is C8H10NRb. The van der Waals surface area contributed by atoms with E-state index in [9.17, 15) is 0 Å². The Bertz CT molecular complexity index is 172. The van der Waals surface area contributed by atoms with Crippen LogP contribution in [-0.4, -0.2) is 4.98 Å². The van der Waals surface area contributed by atoms with Crippen LogP contribution in [0.4, 0.5) is 0 Å². The van der Waals surface area contributed by atoms with E-state index in [0.29, 0.717) is 5.92 Å². The van der Waals surface area contributed by atoms with Crippen LogP contribution in [0, 0.1) is 6.07 Å². The molecule has 0 aliphatic heterocycles. The molecule has 0 aliphatic carbocycles. The summed E-state index contributed by atoms with van der Waals surface area (Å²) in [5, 5.41) is 0. The Hall–Kier alpha value is 0.955. The van der Waals surface area contributed by atoms with Crippen molar-refractivity contribution in [1.82, 2.24) is 4.98 Å². The normalized spacial score (nSPS) is 9.10. The number of nitrogens with zero attached hydrogens (tertiary/aromatic N) is 1. The third kappa shape index (κ3) is 3.38. The van der Waals surface area contributed by atoms with Gasteiger partial charge in [0.15, 0.2) is 0 Å². The second kappa shape index (κ2) is 5.59. The summed E-state index contributed by atoms with van der Waals surface area (Å²) in [6.07, 6.45) is 3.55. The monoisotopic (exact) mass is 205 g/mol. The van der Waals surface area contributed by atoms with Crippen LogP contribution in [0.2, 0.25) is 0 Å². The van der Waals surface area contributed by atoms with E-state index in [1.165, 1.54) is 5.56 Å². The largest absolute Gasteiger partial charge is 1.00 e. The van der Waals surface area contributed by atoms with Gasteiger partial charge in [-0.1, -0.05) is 32.2 Å². The third-order valence-electron chi connectivity index (χ3n) is 1.29. The molecule has 0 saturated heterocycles. The van der Waals surface area contributed by atoms with Crippen LogP contribution in [0.1, 0.15) is 25.3 Å². The zero-order valence-electron chi connectivity index (χ0n) is 6.76. The number of pyridine rings is 1. The van der Waals surface area contributed by atoms with Gasteiger partial charge >= 0.3 is 58.2 Å². The van der Waals surface area contributed by atoms with Crippen LogP contribution < -0.4 is 58.2 Å². The minimum atomic E-state index is 0. The van der Waals surface area contributed by atoms with Crippen molar-refractivity contribution in [3.8, 4) is 0 Å². The number of aromatic nitrogens is 1. The maximum Gasteiger partial charge on any atom is 1.00 e. The minimum absolute atomic E-state index is 0. The SMILES string of the molecule is CC(C)c1c[c-]cnc1.[Rb+]. The van der Waals surface area contributed by atoms with Crippen molar-refractivity contribution in [2.45, 2.75) is 19.8 Å². The Morgan fingerprint density at radius 1 is 1.50 bits per heavy atom. The van der Waals surface area contributed by atoms with Crippen LogP contribution in [0.15, 0.2) is 18.5 Å². The summed E-state index contributed by atoms with van der Waals surface area (Å²) in [5.41, 5.74) is 1.25. The molecule has 0 atom stereocenters. The van der Waals surface area contributed by atoms with Crippen molar-refractivity contribution < 1.29 is 58.2 Å². The van der Waals surface area contributed by atoms with Gasteiger partial charge in [0, 0.05) is 0 Å². The maximum absolute atomic E-state index is 3.95. The number of rotatable bonds is 1. The standard InChI is InChI=1S/C8H10N.Rb/c1-7(2)8-4-3-5-9-6-8;/h4-7H,1-2H3;/q-1;+1. The van der Waals surface area contributed by atoms with E-state index in [1.54, 1.807) is 6.20 Å². The molecule has 0 unspecified atom stereocenters. The van der Waals surface area contributed by atoms with Crippen molar-refractivity contribution >= 4 is 0 Å². The number of hydrogen-bond donors (Lipinski definition) is 0. The van der Waals surface area contributed by atoms with E-state index < -0.39 is 0 Å². The summed E-state index contributed by atoms with van der Waals surface area (Å²) in [4.78, 5) is 3.95. The van der Waals surface area contributed by atoms with Crippen LogP contribution in [0.5, 0.6) is 0 Å². The summed E-state index contributed by atoms with van der Waals surface area (Å²) in [6.45, 7) is 4.29. The van der Waals surface area contributed by atoms with Gasteiger partial charge in [-0.05, 0) is 0 Å². The molecule has 0 bridgehead atoms. The molecule has 0 fully saturated rings. The molecule has 1 aromatic rings. The minimum Gasteiger partial charge on any atom is -0.304 e. The first kappa shape index (κ1) is 11.0. The Morgan fingerprint density at radius 2 is 2.20 bits per heavy atom. The van der Waals surface area contributed by atoms with E-state index in [-0.39, 0.29) is 58.2 Å². The topological polar surface area (TPSA) is 12.9 Å². The van der Waals surface area contributed by atoms with E-state index in [0.717, 1.165) is 0 Å². The zero-order valence-corrected chi connectivity index (χ0v) is 11.7. The van der Waals surface area contributed by atoms with Crippen molar-refractivity contribution in [3.63, 3.8) is 0 Å². The molecule has 48 valence electrons. The van der Waals surface area contributed by atoms with Gasteiger partial charge in [-0.3, -0.25) is 0 Å². The van der Waals surface area contributed by atoms with Crippen LogP contribution in [0.3, 0.4) is 0 Å². The third-order valence-corrected chi connectivity index (χ3v) is 1.29. The van der Waals surface area contributed by atoms with E-state index in [2.05, 4.69) is 24.9 Å². The van der Waals surface area contributed by atoms with Gasteiger partial charge in [0.05, 0.1) is 0 Å². The molecule has 0 spiro atoms. The Morgan fingerprint density at radius 3 is 2.50 bits per heavy atom. The fraction of sp³-hybridized carbons (Fsp3) is 0.375. The molecule has 0 saturated carbocycles. The number of hydrogen-bond acceptors (Lipinski definition) is 1. The molecule has 2 heteroatoms. The predicted octanol–water partition coefficient (Wildman–Crippen LogP) is -0.991. The molecule has 0 aliphatic rings. The van der Waals surface area contributed by atoms with E-state index >= 15 is 0 Å². The average Bonchev–Trinajstić information content (AvgIpc) is 1.90. The van der Waals surface area contributed by atoms with Gasteiger partial charge in [0.1, 0.15) is 0 Å². The molecule has 1 rings (SSSR count). The molecule has 10 heavy (non-hydrogen) atoms. The van der Waals surface area contributed by atoms with Crippen molar-refractivity contribution in [2.24, 2.45) is 0 Å². The van der Waals surface area contributed by atoms with Crippen molar-refractivity contribution in [1.29, 1.82) is 0 Å². The van der Waals surface area contributed by atoms with Gasteiger partial charge < -0.3 is 4.98 Å². The van der Waals surface area contributed by atoms with Crippen LogP contribution in [0.25, 0.3) is 0 Å². The smallest absolute Gasteiger partial charge is 0.304 e. The van der Waals surface area contributed by atoms with Gasteiger partial charge in [0.2, 0.25) is 0 Å². The predicted molar refractivity (Wildman–Crippen MR) is 37.2 cm³/mol. The molecule has 0 aromatic carbocycles. The van der Waals surface area contributed by atoms with Crippen LogP contribution >= 0.6 is 0 Å². The van der Waals surface area contributed by atoms with Gasteiger partial charge in [-0.2, -0.15) is 5.56 Å². The summed E-state index contributed by atoms with van der Waals surface area (Å²) in [7, 11) is 0. The van der Waals surface area contributed by atoms with Gasteiger partial charge in [-0.15, -0.1) is 0 Å². The summed E-state index contributed by atoms with van der Waals surface area (Å²) < 4.78 is 0. The second-order valence-corrected chi connectivity index (χ2v) is 2.37. The maximum atomic E-state index is 3.95.